The molecule has 1 aliphatic heterocycles. The summed E-state index contributed by atoms with van der Waals surface area (Å²) in [5.74, 6) is 2.05. The fourth-order valence-corrected chi connectivity index (χ4v) is 8.24. The predicted octanol–water partition coefficient (Wildman–Crippen LogP) is 8.49. The number of unbranched alkanes of at least 4 members (excludes halogenated alkanes) is 4. The van der Waals surface area contributed by atoms with Gasteiger partial charge >= 0.3 is 0 Å². The first-order valence-corrected chi connectivity index (χ1v) is 15.6. The van der Waals surface area contributed by atoms with Crippen LogP contribution in [-0.4, -0.2) is 28.5 Å². The third-order valence-corrected chi connectivity index (χ3v) is 10.0. The first kappa shape index (κ1) is 27.4. The van der Waals surface area contributed by atoms with Gasteiger partial charge in [0.25, 0.3) is 0 Å². The predicted molar refractivity (Wildman–Crippen MR) is 166 cm³/mol. The molecule has 39 heavy (non-hydrogen) atoms. The molecule has 0 saturated carbocycles. The molecule has 0 amide bonds. The van der Waals surface area contributed by atoms with Gasteiger partial charge in [0, 0.05) is 0 Å². The summed E-state index contributed by atoms with van der Waals surface area (Å²) in [6.07, 6.45) is 11.7. The molecule has 201 valence electrons. The Kier molecular flexibility index (Phi) is 8.67. The van der Waals surface area contributed by atoms with Crippen molar-refractivity contribution in [3.63, 3.8) is 0 Å². The summed E-state index contributed by atoms with van der Waals surface area (Å²) < 4.78 is 12.1. The minimum atomic E-state index is -0.344. The second-order valence-corrected chi connectivity index (χ2v) is 12.1. The molecule has 0 fully saturated rings. The van der Waals surface area contributed by atoms with E-state index in [0.29, 0.717) is 9.13 Å². The van der Waals surface area contributed by atoms with Crippen LogP contribution >= 0.6 is 0 Å². The molecule has 2 nitrogen and oxygen atoms in total. The first-order chi connectivity index (χ1) is 19.2. The minimum absolute atomic E-state index is 0.344. The van der Waals surface area contributed by atoms with E-state index >= 15 is 0 Å². The monoisotopic (exact) mass is 533 g/mol. The SMILES string of the molecule is CCCCCC1=[Si]C2=C(C=C1OC)c1cc(OC)c(CCCCC)cc1C2(c1ccccc1)c1ccccc1. The van der Waals surface area contributed by atoms with Gasteiger partial charge in [-0.1, -0.05) is 100 Å². The smallest absolute Gasteiger partial charge is 0.122 e. The van der Waals surface area contributed by atoms with Crippen molar-refractivity contribution in [2.45, 2.75) is 70.6 Å². The van der Waals surface area contributed by atoms with E-state index in [0.717, 1.165) is 24.4 Å². The summed E-state index contributed by atoms with van der Waals surface area (Å²) in [5.41, 5.74) is 7.61. The topological polar surface area (TPSA) is 18.5 Å². The van der Waals surface area contributed by atoms with Gasteiger partial charge in [-0.25, -0.2) is 0 Å². The largest absolute Gasteiger partial charge is 0.497 e. The number of benzene rings is 3. The lowest BCUT2D eigenvalue weighted by Gasteiger charge is -2.36. The maximum absolute atomic E-state index is 6.05. The van der Waals surface area contributed by atoms with E-state index in [2.05, 4.69) is 92.7 Å². The molecule has 0 saturated heterocycles. The quantitative estimate of drug-likeness (QED) is 0.172. The van der Waals surface area contributed by atoms with Gasteiger partial charge in [-0.2, -0.15) is 0 Å². The first-order valence-electron chi connectivity index (χ1n) is 14.6. The number of hydrogen-bond acceptors (Lipinski definition) is 2. The van der Waals surface area contributed by atoms with E-state index in [1.165, 1.54) is 82.3 Å². The summed E-state index contributed by atoms with van der Waals surface area (Å²) in [4.78, 5) is 0. The Morgan fingerprint density at radius 2 is 1.33 bits per heavy atom. The molecule has 3 aromatic rings. The van der Waals surface area contributed by atoms with E-state index in [1.54, 1.807) is 0 Å². The highest BCUT2D eigenvalue weighted by Crippen LogP contribution is 2.56. The van der Waals surface area contributed by atoms with Gasteiger partial charge in [-0.3, -0.25) is 0 Å². The van der Waals surface area contributed by atoms with Crippen LogP contribution in [0.3, 0.4) is 0 Å². The second-order valence-electron chi connectivity index (χ2n) is 10.7. The lowest BCUT2D eigenvalue weighted by molar-refractivity contribution is 0.315. The van der Waals surface area contributed by atoms with Crippen LogP contribution < -0.4 is 4.74 Å². The van der Waals surface area contributed by atoms with Gasteiger partial charge in [-0.05, 0) is 87.6 Å². The van der Waals surface area contributed by atoms with E-state index in [-0.39, 0.29) is 5.41 Å². The zero-order chi connectivity index (χ0) is 27.2. The number of fused-ring (bicyclic) bond motifs is 2. The molecular formula is C36H41O2Si. The lowest BCUT2D eigenvalue weighted by atomic mass is 9.70. The molecule has 0 aromatic heterocycles. The third kappa shape index (κ3) is 4.98. The highest BCUT2D eigenvalue weighted by atomic mass is 28.2. The van der Waals surface area contributed by atoms with Gasteiger partial charge in [0.1, 0.15) is 11.5 Å². The van der Waals surface area contributed by atoms with Crippen LogP contribution in [0, 0.1) is 0 Å². The number of hydrogen-bond donors (Lipinski definition) is 0. The fraction of sp³-hybridized carbons (Fsp3) is 0.361. The molecule has 0 atom stereocenters. The van der Waals surface area contributed by atoms with Crippen molar-refractivity contribution in [1.82, 2.24) is 0 Å². The summed E-state index contributed by atoms with van der Waals surface area (Å²) in [6.45, 7) is 4.54. The lowest BCUT2D eigenvalue weighted by Crippen LogP contribution is -2.33. The van der Waals surface area contributed by atoms with Crippen molar-refractivity contribution >= 4 is 19.9 Å². The van der Waals surface area contributed by atoms with Crippen molar-refractivity contribution in [2.24, 2.45) is 0 Å². The molecule has 1 aliphatic carbocycles. The zero-order valence-corrected chi connectivity index (χ0v) is 25.0. The molecular weight excluding hydrogens is 492 g/mol. The normalized spacial score (nSPS) is 15.4. The van der Waals surface area contributed by atoms with Gasteiger partial charge in [0.2, 0.25) is 0 Å². The summed E-state index contributed by atoms with van der Waals surface area (Å²) >= 11 is 0. The Hall–Kier alpha value is -3.17. The Labute approximate surface area is 237 Å². The van der Waals surface area contributed by atoms with Gasteiger partial charge in [0.05, 0.1) is 28.8 Å². The van der Waals surface area contributed by atoms with E-state index < -0.39 is 0 Å². The Bertz CT molecular complexity index is 1340. The number of methoxy groups -OCH3 is 2. The molecule has 1 radical (unpaired) electrons. The van der Waals surface area contributed by atoms with Crippen LogP contribution in [0.1, 0.15) is 86.6 Å². The standard InChI is InChI=1S/C36H41O2Si/c1-5-7-11-17-26-23-31-29(24-32(26)37-3)30-25-33(38-4)34(22-12-8-6-2)39-35(30)36(31,27-18-13-9-14-19-27)28-20-15-10-16-21-28/h9-10,13-16,18-21,23-25H,5-8,11-12,17,22H2,1-4H3. The molecule has 1 heterocycles. The molecule has 2 aliphatic rings. The average molecular weight is 534 g/mol. The number of aryl methyl sites for hydroxylation is 1. The van der Waals surface area contributed by atoms with Crippen LogP contribution in [0.2, 0.25) is 0 Å². The Morgan fingerprint density at radius 3 is 1.90 bits per heavy atom. The highest BCUT2D eigenvalue weighted by molar-refractivity contribution is 6.66. The average Bonchev–Trinajstić information content (AvgIpc) is 3.26. The van der Waals surface area contributed by atoms with Crippen LogP contribution in [0.5, 0.6) is 5.75 Å². The molecule has 5 rings (SSSR count). The van der Waals surface area contributed by atoms with E-state index in [1.807, 2.05) is 14.2 Å². The number of rotatable bonds is 12. The van der Waals surface area contributed by atoms with Gasteiger partial charge in [-0.15, -0.1) is 0 Å². The Morgan fingerprint density at radius 1 is 0.718 bits per heavy atom. The molecule has 0 N–H and O–H groups in total. The molecule has 3 heteroatoms. The zero-order valence-electron chi connectivity index (χ0n) is 24.0. The Balaban J connectivity index is 1.82. The second kappa shape index (κ2) is 12.3. The van der Waals surface area contributed by atoms with Crippen molar-refractivity contribution < 1.29 is 9.47 Å². The summed E-state index contributed by atoms with van der Waals surface area (Å²) in [7, 11) is 4.23. The van der Waals surface area contributed by atoms with Gasteiger partial charge in [0.15, 0.2) is 0 Å². The van der Waals surface area contributed by atoms with Crippen molar-refractivity contribution in [3.8, 4) is 5.75 Å². The van der Waals surface area contributed by atoms with Crippen LogP contribution in [0.15, 0.2) is 89.8 Å². The maximum Gasteiger partial charge on any atom is 0.122 e. The van der Waals surface area contributed by atoms with Gasteiger partial charge < -0.3 is 9.47 Å². The van der Waals surface area contributed by atoms with Crippen molar-refractivity contribution in [3.05, 3.63) is 118 Å². The maximum atomic E-state index is 6.05. The molecule has 3 aromatic carbocycles. The van der Waals surface area contributed by atoms with Crippen molar-refractivity contribution in [2.75, 3.05) is 14.2 Å². The van der Waals surface area contributed by atoms with Crippen LogP contribution in [0.25, 0.3) is 5.57 Å². The third-order valence-electron chi connectivity index (χ3n) is 8.32. The van der Waals surface area contributed by atoms with Crippen LogP contribution in [-0.2, 0) is 16.6 Å². The minimum Gasteiger partial charge on any atom is -0.497 e. The van der Waals surface area contributed by atoms with E-state index in [9.17, 15) is 0 Å². The summed E-state index contributed by atoms with van der Waals surface area (Å²) in [5, 5.41) is 2.94. The number of allylic oxidation sites excluding steroid dienone is 4. The number of ether oxygens (including phenoxy) is 2. The highest BCUT2D eigenvalue weighted by Gasteiger charge is 2.48. The van der Waals surface area contributed by atoms with Crippen LogP contribution in [0.4, 0.5) is 0 Å². The molecule has 0 spiro atoms. The van der Waals surface area contributed by atoms with E-state index in [4.69, 9.17) is 9.47 Å². The fourth-order valence-electron chi connectivity index (χ4n) is 6.38. The molecule has 0 unspecified atom stereocenters. The summed E-state index contributed by atoms with van der Waals surface area (Å²) in [6, 6.07) is 27.1. The van der Waals surface area contributed by atoms with Crippen molar-refractivity contribution in [1.29, 1.82) is 0 Å². The molecule has 0 bridgehead atoms.